The Morgan fingerprint density at radius 1 is 1.24 bits per heavy atom. The quantitative estimate of drug-likeness (QED) is 0.688. The molecule has 1 nitrogen and oxygen atoms in total. The van der Waals surface area contributed by atoms with Crippen LogP contribution >= 0.6 is 0 Å². The van der Waals surface area contributed by atoms with Crippen LogP contribution in [0.15, 0.2) is 60.5 Å². The summed E-state index contributed by atoms with van der Waals surface area (Å²) in [7, 11) is 0. The Balaban J connectivity index is 2.74. The number of hydrogen-bond donors (Lipinski definition) is 0. The fourth-order valence-corrected chi connectivity index (χ4v) is 1.35. The molecule has 88 valence electrons. The number of aromatic nitrogens is 1. The molecule has 1 rings (SSSR count). The average molecular weight is 225 g/mol. The van der Waals surface area contributed by atoms with Crippen molar-refractivity contribution in [3.63, 3.8) is 0 Å². The number of pyridine rings is 1. The number of hydrogen-bond acceptors (Lipinski definition) is 1. The lowest BCUT2D eigenvalue weighted by atomic mass is 10.1. The Bertz CT molecular complexity index is 476. The van der Waals surface area contributed by atoms with Gasteiger partial charge in [0.15, 0.2) is 0 Å². The summed E-state index contributed by atoms with van der Waals surface area (Å²) in [6, 6.07) is 2.02. The van der Waals surface area contributed by atoms with Crippen LogP contribution in [-0.2, 0) is 0 Å². The second kappa shape index (κ2) is 6.64. The van der Waals surface area contributed by atoms with Crippen molar-refractivity contribution in [2.45, 2.75) is 20.8 Å². The Morgan fingerprint density at radius 3 is 2.59 bits per heavy atom. The van der Waals surface area contributed by atoms with Gasteiger partial charge in [-0.2, -0.15) is 0 Å². The Hall–Kier alpha value is -1.89. The summed E-state index contributed by atoms with van der Waals surface area (Å²) in [6.45, 7) is 9.96. The van der Waals surface area contributed by atoms with E-state index in [1.165, 1.54) is 16.7 Å². The minimum Gasteiger partial charge on any atom is -0.264 e. The van der Waals surface area contributed by atoms with Gasteiger partial charge in [-0.25, -0.2) is 0 Å². The van der Waals surface area contributed by atoms with Crippen LogP contribution in [0.25, 0.3) is 6.08 Å². The van der Waals surface area contributed by atoms with Gasteiger partial charge in [0.25, 0.3) is 0 Å². The molecule has 0 aliphatic heterocycles. The van der Waals surface area contributed by atoms with Crippen molar-refractivity contribution in [1.82, 2.24) is 4.98 Å². The molecular weight excluding hydrogens is 206 g/mol. The maximum Gasteiger partial charge on any atom is 0.0343 e. The van der Waals surface area contributed by atoms with Gasteiger partial charge in [-0.3, -0.25) is 4.98 Å². The molecule has 0 aliphatic rings. The maximum atomic E-state index is 4.12. The van der Waals surface area contributed by atoms with E-state index in [0.717, 1.165) is 5.57 Å². The van der Waals surface area contributed by atoms with Gasteiger partial charge < -0.3 is 0 Å². The zero-order chi connectivity index (χ0) is 12.7. The number of allylic oxidation sites excluding steroid dienone is 6. The predicted molar refractivity (Wildman–Crippen MR) is 75.7 cm³/mol. The van der Waals surface area contributed by atoms with Crippen molar-refractivity contribution < 1.29 is 0 Å². The summed E-state index contributed by atoms with van der Waals surface area (Å²) in [5, 5.41) is 0. The monoisotopic (exact) mass is 225 g/mol. The smallest absolute Gasteiger partial charge is 0.0343 e. The lowest BCUT2D eigenvalue weighted by molar-refractivity contribution is 1.27. The van der Waals surface area contributed by atoms with E-state index in [2.05, 4.69) is 37.6 Å². The third-order valence-electron chi connectivity index (χ3n) is 2.31. The molecule has 1 aromatic heterocycles. The molecule has 0 saturated heterocycles. The second-order valence-corrected chi connectivity index (χ2v) is 4.19. The number of aryl methyl sites for hydroxylation is 1. The molecule has 0 aromatic carbocycles. The van der Waals surface area contributed by atoms with Crippen LogP contribution in [0.3, 0.4) is 0 Å². The number of nitrogens with zero attached hydrogens (tertiary/aromatic N) is 1. The van der Waals surface area contributed by atoms with Gasteiger partial charge >= 0.3 is 0 Å². The highest BCUT2D eigenvalue weighted by molar-refractivity contribution is 5.57. The summed E-state index contributed by atoms with van der Waals surface area (Å²) in [4.78, 5) is 4.12. The fraction of sp³-hybridized carbons (Fsp3) is 0.188. The molecule has 1 aromatic rings. The zero-order valence-electron chi connectivity index (χ0n) is 10.8. The second-order valence-electron chi connectivity index (χ2n) is 4.19. The van der Waals surface area contributed by atoms with Gasteiger partial charge in [0.2, 0.25) is 0 Å². The normalized spacial score (nSPS) is 12.5. The first kappa shape index (κ1) is 13.2. The van der Waals surface area contributed by atoms with Crippen molar-refractivity contribution >= 4 is 6.08 Å². The topological polar surface area (TPSA) is 12.9 Å². The van der Waals surface area contributed by atoms with Crippen molar-refractivity contribution in [1.29, 1.82) is 0 Å². The molecule has 0 radical (unpaired) electrons. The maximum absolute atomic E-state index is 4.12. The van der Waals surface area contributed by atoms with E-state index in [4.69, 9.17) is 0 Å². The van der Waals surface area contributed by atoms with Crippen LogP contribution in [0.2, 0.25) is 0 Å². The van der Waals surface area contributed by atoms with Crippen LogP contribution in [0, 0.1) is 6.92 Å². The summed E-state index contributed by atoms with van der Waals surface area (Å²) in [5.41, 5.74) is 4.66. The first-order valence-electron chi connectivity index (χ1n) is 5.69. The molecule has 0 N–H and O–H groups in total. The molecule has 0 bridgehead atoms. The molecule has 0 fully saturated rings. The van der Waals surface area contributed by atoms with E-state index in [9.17, 15) is 0 Å². The minimum atomic E-state index is 1.05. The van der Waals surface area contributed by atoms with Gasteiger partial charge in [-0.15, -0.1) is 0 Å². The molecule has 1 heteroatoms. The molecule has 0 saturated carbocycles. The lowest BCUT2D eigenvalue weighted by Crippen LogP contribution is -1.82. The molecule has 1 heterocycles. The van der Waals surface area contributed by atoms with Crippen molar-refractivity contribution in [3.05, 3.63) is 71.6 Å². The lowest BCUT2D eigenvalue weighted by Gasteiger charge is -1.99. The molecule has 0 amide bonds. The SMILES string of the molecule is C=C(C)C=CC=CC(C)=Cc1cnccc1C. The van der Waals surface area contributed by atoms with E-state index in [1.807, 2.05) is 43.6 Å². The summed E-state index contributed by atoms with van der Waals surface area (Å²) >= 11 is 0. The highest BCUT2D eigenvalue weighted by atomic mass is 14.6. The third kappa shape index (κ3) is 5.12. The van der Waals surface area contributed by atoms with E-state index in [0.29, 0.717) is 0 Å². The van der Waals surface area contributed by atoms with Crippen LogP contribution in [0.5, 0.6) is 0 Å². The van der Waals surface area contributed by atoms with Crippen LogP contribution in [-0.4, -0.2) is 4.98 Å². The van der Waals surface area contributed by atoms with Gasteiger partial charge in [-0.1, -0.05) is 48.1 Å². The highest BCUT2D eigenvalue weighted by Gasteiger charge is 1.92. The summed E-state index contributed by atoms with van der Waals surface area (Å²) < 4.78 is 0. The fourth-order valence-electron chi connectivity index (χ4n) is 1.35. The van der Waals surface area contributed by atoms with Crippen LogP contribution in [0.1, 0.15) is 25.0 Å². The van der Waals surface area contributed by atoms with Gasteiger partial charge in [0, 0.05) is 12.4 Å². The average Bonchev–Trinajstić information content (AvgIpc) is 2.27. The van der Waals surface area contributed by atoms with Crippen LogP contribution < -0.4 is 0 Å². The van der Waals surface area contributed by atoms with E-state index >= 15 is 0 Å². The summed E-state index contributed by atoms with van der Waals surface area (Å²) in [5.74, 6) is 0. The first-order valence-corrected chi connectivity index (χ1v) is 5.69. The highest BCUT2D eigenvalue weighted by Crippen LogP contribution is 2.11. The molecule has 0 aliphatic carbocycles. The molecule has 0 unspecified atom stereocenters. The molecule has 0 spiro atoms. The Kier molecular flexibility index (Phi) is 5.15. The van der Waals surface area contributed by atoms with Crippen LogP contribution in [0.4, 0.5) is 0 Å². The Labute approximate surface area is 104 Å². The minimum absolute atomic E-state index is 1.05. The van der Waals surface area contributed by atoms with Crippen molar-refractivity contribution in [2.75, 3.05) is 0 Å². The zero-order valence-corrected chi connectivity index (χ0v) is 10.8. The Morgan fingerprint density at radius 2 is 1.94 bits per heavy atom. The standard InChI is InChI=1S/C16H19N/c1-13(2)7-5-6-8-14(3)11-16-12-17-10-9-15(16)4/h5-12H,1H2,2-4H3. The number of rotatable bonds is 4. The first-order chi connectivity index (χ1) is 8.09. The summed E-state index contributed by atoms with van der Waals surface area (Å²) in [6.07, 6.45) is 13.9. The molecular formula is C16H19N. The van der Waals surface area contributed by atoms with E-state index in [1.54, 1.807) is 0 Å². The predicted octanol–water partition coefficient (Wildman–Crippen LogP) is 4.48. The van der Waals surface area contributed by atoms with Gasteiger partial charge in [0.1, 0.15) is 0 Å². The van der Waals surface area contributed by atoms with Gasteiger partial charge in [0.05, 0.1) is 0 Å². The van der Waals surface area contributed by atoms with Gasteiger partial charge in [-0.05, 0) is 38.0 Å². The molecule has 17 heavy (non-hydrogen) atoms. The van der Waals surface area contributed by atoms with E-state index < -0.39 is 0 Å². The van der Waals surface area contributed by atoms with Crippen molar-refractivity contribution in [2.24, 2.45) is 0 Å². The molecule has 0 atom stereocenters. The third-order valence-corrected chi connectivity index (χ3v) is 2.31. The largest absolute Gasteiger partial charge is 0.264 e. The van der Waals surface area contributed by atoms with Crippen molar-refractivity contribution in [3.8, 4) is 0 Å². The van der Waals surface area contributed by atoms with E-state index in [-0.39, 0.29) is 0 Å².